The number of rotatable bonds is 17. The molecule has 1 heterocycles. The molecular formula is C41H42O11. The fraction of sp³-hybridized carbons (Fsp3) is 0.317. The normalized spacial score (nSPS) is 19.7. The minimum atomic E-state index is -1.49. The Morgan fingerprint density at radius 1 is 0.596 bits per heavy atom. The molecule has 0 aromatic heterocycles. The van der Waals surface area contributed by atoms with Gasteiger partial charge in [0.1, 0.15) is 24.6 Å². The van der Waals surface area contributed by atoms with Gasteiger partial charge in [-0.2, -0.15) is 0 Å². The first-order chi connectivity index (χ1) is 25.3. The maximum Gasteiger partial charge on any atom is 0.339 e. The van der Waals surface area contributed by atoms with Crippen molar-refractivity contribution >= 4 is 23.7 Å². The molecule has 52 heavy (non-hydrogen) atoms. The van der Waals surface area contributed by atoms with E-state index in [-0.39, 0.29) is 50.6 Å². The van der Waals surface area contributed by atoms with E-state index in [1.165, 1.54) is 14.0 Å². The Labute approximate surface area is 302 Å². The van der Waals surface area contributed by atoms with Gasteiger partial charge in [-0.3, -0.25) is 4.79 Å². The zero-order valence-electron chi connectivity index (χ0n) is 29.1. The number of carbonyl (C=O) groups is 4. The highest BCUT2D eigenvalue weighted by molar-refractivity contribution is 5.91. The quantitative estimate of drug-likeness (QED) is 0.0957. The average Bonchev–Trinajstić information content (AvgIpc) is 3.18. The van der Waals surface area contributed by atoms with Crippen molar-refractivity contribution in [3.8, 4) is 0 Å². The Kier molecular flexibility index (Phi) is 14.2. The van der Waals surface area contributed by atoms with E-state index in [0.29, 0.717) is 5.56 Å². The fourth-order valence-corrected chi connectivity index (χ4v) is 5.59. The highest BCUT2D eigenvalue weighted by Gasteiger charge is 2.53. The number of ketones is 1. The second-order valence-electron chi connectivity index (χ2n) is 12.2. The number of hydrogen-bond acceptors (Lipinski definition) is 11. The molecule has 4 aromatic carbocycles. The number of hydrogen-bond donors (Lipinski definition) is 0. The molecule has 0 unspecified atom stereocenters. The highest BCUT2D eigenvalue weighted by atomic mass is 16.7. The number of ether oxygens (including phenoxy) is 7. The lowest BCUT2D eigenvalue weighted by Crippen LogP contribution is -2.63. The number of Topliss-reactive ketones (excluding diaryl/α,β-unsaturated/α-hetero) is 1. The largest absolute Gasteiger partial charge is 0.467 e. The summed E-state index contributed by atoms with van der Waals surface area (Å²) in [6.45, 7) is 1.47. The number of benzene rings is 4. The van der Waals surface area contributed by atoms with Crippen LogP contribution in [0.2, 0.25) is 0 Å². The third-order valence-electron chi connectivity index (χ3n) is 8.30. The van der Waals surface area contributed by atoms with Gasteiger partial charge in [0.2, 0.25) is 0 Å². The van der Waals surface area contributed by atoms with Gasteiger partial charge in [-0.1, -0.05) is 109 Å². The molecule has 1 aliphatic heterocycles. The summed E-state index contributed by atoms with van der Waals surface area (Å²) < 4.78 is 42.0. The first-order valence-corrected chi connectivity index (χ1v) is 17.0. The summed E-state index contributed by atoms with van der Waals surface area (Å²) in [6.07, 6.45) is -6.52. The van der Waals surface area contributed by atoms with Crippen LogP contribution in [0.25, 0.3) is 0 Å². The van der Waals surface area contributed by atoms with E-state index in [4.69, 9.17) is 33.2 Å². The first kappa shape index (κ1) is 38.0. The Morgan fingerprint density at radius 3 is 1.71 bits per heavy atom. The SMILES string of the molecule is COC(=O)[C@H]1O[C@@H](OCc2ccccc2C(=O)OCc2ccccc2)[C@@H](OCc2ccccc2)[C@@H](OCc2ccccc2)[C@@H]1OC(=O)CCC(C)=O. The van der Waals surface area contributed by atoms with Gasteiger partial charge >= 0.3 is 17.9 Å². The van der Waals surface area contributed by atoms with Crippen molar-refractivity contribution in [2.75, 3.05) is 7.11 Å². The van der Waals surface area contributed by atoms with Gasteiger partial charge in [0.15, 0.2) is 18.5 Å². The van der Waals surface area contributed by atoms with Gasteiger partial charge < -0.3 is 38.0 Å². The van der Waals surface area contributed by atoms with Crippen LogP contribution in [0.4, 0.5) is 0 Å². The minimum Gasteiger partial charge on any atom is -0.467 e. The lowest BCUT2D eigenvalue weighted by Gasteiger charge is -2.44. The smallest absolute Gasteiger partial charge is 0.339 e. The molecule has 0 N–H and O–H groups in total. The van der Waals surface area contributed by atoms with Crippen molar-refractivity contribution in [3.63, 3.8) is 0 Å². The van der Waals surface area contributed by atoms with Crippen LogP contribution in [-0.2, 0) is 74.0 Å². The molecule has 0 bridgehead atoms. The number of methoxy groups -OCH3 is 1. The molecule has 0 saturated carbocycles. The van der Waals surface area contributed by atoms with Crippen LogP contribution in [0.1, 0.15) is 52.4 Å². The molecule has 1 saturated heterocycles. The second kappa shape index (κ2) is 19.4. The van der Waals surface area contributed by atoms with Gasteiger partial charge in [-0.25, -0.2) is 9.59 Å². The molecule has 1 fully saturated rings. The number of esters is 3. The lowest BCUT2D eigenvalue weighted by molar-refractivity contribution is -0.317. The van der Waals surface area contributed by atoms with E-state index in [9.17, 15) is 19.2 Å². The zero-order valence-corrected chi connectivity index (χ0v) is 29.1. The topological polar surface area (TPSA) is 133 Å². The van der Waals surface area contributed by atoms with E-state index in [1.807, 2.05) is 91.0 Å². The fourth-order valence-electron chi connectivity index (χ4n) is 5.59. The molecule has 0 radical (unpaired) electrons. The van der Waals surface area contributed by atoms with E-state index in [2.05, 4.69) is 0 Å². The molecule has 0 spiro atoms. The summed E-state index contributed by atoms with van der Waals surface area (Å²) in [5.74, 6) is -2.30. The predicted octanol–water partition coefficient (Wildman–Crippen LogP) is 5.91. The molecule has 11 heteroatoms. The molecule has 5 rings (SSSR count). The van der Waals surface area contributed by atoms with Crippen LogP contribution in [0, 0.1) is 0 Å². The molecule has 272 valence electrons. The van der Waals surface area contributed by atoms with E-state index < -0.39 is 48.6 Å². The van der Waals surface area contributed by atoms with Crippen molar-refractivity contribution in [2.45, 2.75) is 76.9 Å². The summed E-state index contributed by atoms with van der Waals surface area (Å²) in [5, 5.41) is 0. The summed E-state index contributed by atoms with van der Waals surface area (Å²) >= 11 is 0. The highest BCUT2D eigenvalue weighted by Crippen LogP contribution is 2.32. The molecule has 0 aliphatic carbocycles. The standard InChI is InChI=1S/C41H42O11/c1-28(42)22-23-34(43)51-36-35(47-24-29-14-6-3-7-15-29)38(48-25-30-16-8-4-9-17-30)41(52-37(36)40(45)46-2)50-27-32-20-12-13-21-33(32)39(44)49-26-31-18-10-5-11-19-31/h3-21,35-38,41H,22-27H2,1-2H3/t35-,36-,37-,38-,41+/m0/s1. The maximum absolute atomic E-state index is 13.3. The molecule has 5 atom stereocenters. The Morgan fingerprint density at radius 2 is 1.13 bits per heavy atom. The van der Waals surface area contributed by atoms with Gasteiger partial charge in [0, 0.05) is 6.42 Å². The van der Waals surface area contributed by atoms with E-state index in [1.54, 1.807) is 24.3 Å². The Bertz CT molecular complexity index is 1750. The van der Waals surface area contributed by atoms with Crippen LogP contribution in [0.5, 0.6) is 0 Å². The van der Waals surface area contributed by atoms with E-state index >= 15 is 0 Å². The Balaban J connectivity index is 1.44. The average molecular weight is 711 g/mol. The molecule has 1 aliphatic rings. The third kappa shape index (κ3) is 10.9. The van der Waals surface area contributed by atoms with Crippen LogP contribution < -0.4 is 0 Å². The summed E-state index contributed by atoms with van der Waals surface area (Å²) in [7, 11) is 1.19. The van der Waals surface area contributed by atoms with Gasteiger partial charge in [0.05, 0.1) is 38.9 Å². The van der Waals surface area contributed by atoms with Gasteiger partial charge in [-0.05, 0) is 35.2 Å². The van der Waals surface area contributed by atoms with Crippen molar-refractivity contribution in [2.24, 2.45) is 0 Å². The number of carbonyl (C=O) groups excluding carboxylic acids is 4. The van der Waals surface area contributed by atoms with E-state index in [0.717, 1.165) is 16.7 Å². The molecule has 4 aromatic rings. The van der Waals surface area contributed by atoms with Gasteiger partial charge in [-0.15, -0.1) is 0 Å². The molecule has 11 nitrogen and oxygen atoms in total. The van der Waals surface area contributed by atoms with Crippen LogP contribution in [0.15, 0.2) is 115 Å². The molecular weight excluding hydrogens is 668 g/mol. The van der Waals surface area contributed by atoms with Crippen molar-refractivity contribution in [1.82, 2.24) is 0 Å². The summed E-state index contributed by atoms with van der Waals surface area (Å²) in [4.78, 5) is 51.2. The Hall–Kier alpha value is -5.20. The lowest BCUT2D eigenvalue weighted by atomic mass is 9.97. The van der Waals surface area contributed by atoms with Crippen molar-refractivity contribution in [3.05, 3.63) is 143 Å². The van der Waals surface area contributed by atoms with Crippen LogP contribution >= 0.6 is 0 Å². The summed E-state index contributed by atoms with van der Waals surface area (Å²) in [5.41, 5.74) is 3.27. The predicted molar refractivity (Wildman–Crippen MR) is 187 cm³/mol. The third-order valence-corrected chi connectivity index (χ3v) is 8.30. The minimum absolute atomic E-state index is 0.0439. The van der Waals surface area contributed by atoms with Crippen molar-refractivity contribution in [1.29, 1.82) is 0 Å². The zero-order chi connectivity index (χ0) is 36.7. The summed E-state index contributed by atoms with van der Waals surface area (Å²) in [6, 6.07) is 34.9. The maximum atomic E-state index is 13.3. The van der Waals surface area contributed by atoms with Crippen LogP contribution in [-0.4, -0.2) is 61.5 Å². The van der Waals surface area contributed by atoms with Gasteiger partial charge in [0.25, 0.3) is 0 Å². The van der Waals surface area contributed by atoms with Crippen LogP contribution in [0.3, 0.4) is 0 Å². The molecule has 0 amide bonds. The first-order valence-electron chi connectivity index (χ1n) is 17.0. The monoisotopic (exact) mass is 710 g/mol. The van der Waals surface area contributed by atoms with Crippen molar-refractivity contribution < 1.29 is 52.3 Å². The second-order valence-corrected chi connectivity index (χ2v) is 12.2.